The molecule has 1 amide bonds. The first-order chi connectivity index (χ1) is 7.68. The molecule has 0 saturated carbocycles. The fourth-order valence-electron chi connectivity index (χ4n) is 1.17. The molecule has 0 bridgehead atoms. The second kappa shape index (κ2) is 4.01. The number of amides is 1. The van der Waals surface area contributed by atoms with Gasteiger partial charge in [0, 0.05) is 0 Å². The number of benzene rings is 1. The van der Waals surface area contributed by atoms with Crippen LogP contribution >= 0.6 is 0 Å². The molecule has 82 valence electrons. The van der Waals surface area contributed by atoms with Gasteiger partial charge >= 0.3 is 0 Å². The lowest BCUT2D eigenvalue weighted by molar-refractivity contribution is -0.114. The topological polar surface area (TPSA) is 65.5 Å². The summed E-state index contributed by atoms with van der Waals surface area (Å²) in [7, 11) is 0. The second-order valence-corrected chi connectivity index (χ2v) is 3.11. The quantitative estimate of drug-likeness (QED) is 0.644. The Bertz CT molecular complexity index is 465. The maximum absolute atomic E-state index is 13.2. The van der Waals surface area contributed by atoms with Crippen molar-refractivity contribution >= 4 is 17.3 Å². The van der Waals surface area contributed by atoms with Gasteiger partial charge in [-0.05, 0) is 12.1 Å². The second-order valence-electron chi connectivity index (χ2n) is 3.11. The summed E-state index contributed by atoms with van der Waals surface area (Å²) < 4.78 is 13.2. The van der Waals surface area contributed by atoms with E-state index < -0.39 is 11.7 Å². The molecule has 1 heterocycles. The van der Waals surface area contributed by atoms with E-state index in [9.17, 15) is 9.18 Å². The van der Waals surface area contributed by atoms with E-state index in [0.717, 1.165) is 0 Å². The van der Waals surface area contributed by atoms with Crippen LogP contribution in [0.25, 0.3) is 0 Å². The third-order valence-corrected chi connectivity index (χ3v) is 1.99. The number of carbonyl (C=O) groups excluding carboxylic acids is 1. The summed E-state index contributed by atoms with van der Waals surface area (Å²) in [5, 5.41) is 3.77. The summed E-state index contributed by atoms with van der Waals surface area (Å²) in [4.78, 5) is 11.2. The molecule has 1 saturated heterocycles. The van der Waals surface area contributed by atoms with E-state index in [1.165, 1.54) is 12.1 Å². The van der Waals surface area contributed by atoms with Crippen LogP contribution in [0, 0.1) is 5.82 Å². The average molecular weight is 220 g/mol. The average Bonchev–Trinajstić information content (AvgIpc) is 2.58. The van der Waals surface area contributed by atoms with Crippen LogP contribution in [0.2, 0.25) is 0 Å². The fourth-order valence-corrected chi connectivity index (χ4v) is 1.17. The van der Waals surface area contributed by atoms with Crippen LogP contribution < -0.4 is 16.3 Å². The Kier molecular flexibility index (Phi) is 2.55. The lowest BCUT2D eigenvalue weighted by atomic mass is 10.3. The highest BCUT2D eigenvalue weighted by Crippen LogP contribution is 2.12. The number of nitrogens with zero attached hydrogens (tertiary/aromatic N) is 1. The van der Waals surface area contributed by atoms with Crippen molar-refractivity contribution in [3.8, 4) is 0 Å². The SMILES string of the molecule is C=C1NNC(=O)C1=NNc1ccccc1F. The highest BCUT2D eigenvalue weighted by Gasteiger charge is 2.22. The maximum Gasteiger partial charge on any atom is 0.292 e. The zero-order valence-corrected chi connectivity index (χ0v) is 8.25. The zero-order valence-electron chi connectivity index (χ0n) is 8.25. The molecule has 0 atom stereocenters. The van der Waals surface area contributed by atoms with Gasteiger partial charge < -0.3 is 0 Å². The molecule has 5 nitrogen and oxygen atoms in total. The number of halogens is 1. The van der Waals surface area contributed by atoms with Gasteiger partial charge in [-0.2, -0.15) is 5.10 Å². The Hall–Kier alpha value is -2.37. The number of hydrogen-bond acceptors (Lipinski definition) is 4. The van der Waals surface area contributed by atoms with Gasteiger partial charge in [0.1, 0.15) is 5.82 Å². The van der Waals surface area contributed by atoms with Gasteiger partial charge in [-0.15, -0.1) is 0 Å². The van der Waals surface area contributed by atoms with Crippen molar-refractivity contribution in [1.82, 2.24) is 10.9 Å². The molecule has 2 rings (SSSR count). The minimum atomic E-state index is -0.441. The summed E-state index contributed by atoms with van der Waals surface area (Å²) >= 11 is 0. The third-order valence-electron chi connectivity index (χ3n) is 1.99. The van der Waals surface area contributed by atoms with E-state index in [4.69, 9.17) is 0 Å². The molecule has 1 fully saturated rings. The number of hydrazone groups is 1. The van der Waals surface area contributed by atoms with Crippen LogP contribution in [0.3, 0.4) is 0 Å². The van der Waals surface area contributed by atoms with E-state index in [1.807, 2.05) is 0 Å². The molecule has 0 unspecified atom stereocenters. The molecule has 0 spiro atoms. The Labute approximate surface area is 91.0 Å². The molecule has 1 aliphatic rings. The Morgan fingerprint density at radius 2 is 2.06 bits per heavy atom. The molecule has 0 radical (unpaired) electrons. The third kappa shape index (κ3) is 1.85. The smallest absolute Gasteiger partial charge is 0.292 e. The maximum atomic E-state index is 13.2. The van der Waals surface area contributed by atoms with Gasteiger partial charge in [0.15, 0.2) is 5.71 Å². The predicted octanol–water partition coefficient (Wildman–Crippen LogP) is 0.742. The van der Waals surface area contributed by atoms with Crippen molar-refractivity contribution in [1.29, 1.82) is 0 Å². The lowest BCUT2D eigenvalue weighted by Gasteiger charge is -2.01. The number of para-hydroxylation sites is 1. The monoisotopic (exact) mass is 220 g/mol. The standard InChI is InChI=1S/C10H9FN4O/c1-6-9(10(16)15-12-6)14-13-8-5-3-2-4-7(8)11/h2-5,12-13H,1H2,(H,15,16). The van der Waals surface area contributed by atoms with Crippen molar-refractivity contribution in [3.05, 3.63) is 42.4 Å². The summed E-state index contributed by atoms with van der Waals surface area (Å²) in [6.45, 7) is 3.56. The first-order valence-electron chi connectivity index (χ1n) is 4.52. The molecular weight excluding hydrogens is 211 g/mol. The van der Waals surface area contributed by atoms with E-state index in [2.05, 4.69) is 28.0 Å². The van der Waals surface area contributed by atoms with Crippen molar-refractivity contribution in [2.75, 3.05) is 5.43 Å². The highest BCUT2D eigenvalue weighted by molar-refractivity contribution is 6.46. The van der Waals surface area contributed by atoms with Gasteiger partial charge in [0.05, 0.1) is 11.4 Å². The number of hydrazine groups is 1. The minimum absolute atomic E-state index is 0.100. The zero-order chi connectivity index (χ0) is 11.5. The Morgan fingerprint density at radius 1 is 1.31 bits per heavy atom. The van der Waals surface area contributed by atoms with Gasteiger partial charge in [-0.25, -0.2) is 4.39 Å². The van der Waals surface area contributed by atoms with Crippen molar-refractivity contribution in [2.45, 2.75) is 0 Å². The summed E-state index contributed by atoms with van der Waals surface area (Å²) in [6.07, 6.45) is 0. The molecule has 1 aromatic carbocycles. The number of hydrogen-bond donors (Lipinski definition) is 3. The van der Waals surface area contributed by atoms with E-state index in [0.29, 0.717) is 5.70 Å². The first kappa shape index (κ1) is 10.2. The summed E-state index contributed by atoms with van der Waals surface area (Å²) in [5.41, 5.74) is 7.93. The normalized spacial score (nSPS) is 17.2. The van der Waals surface area contributed by atoms with Crippen LogP contribution in [0.15, 0.2) is 41.6 Å². The van der Waals surface area contributed by atoms with Crippen molar-refractivity contribution < 1.29 is 9.18 Å². The Balaban J connectivity index is 2.18. The molecule has 0 aliphatic carbocycles. The van der Waals surface area contributed by atoms with Crippen LogP contribution in [-0.4, -0.2) is 11.6 Å². The van der Waals surface area contributed by atoms with Crippen molar-refractivity contribution in [2.24, 2.45) is 5.10 Å². The largest absolute Gasteiger partial charge is 0.296 e. The number of carbonyl (C=O) groups is 1. The van der Waals surface area contributed by atoms with Crippen LogP contribution in [0.1, 0.15) is 0 Å². The first-order valence-corrected chi connectivity index (χ1v) is 4.52. The molecule has 0 aromatic heterocycles. The van der Waals surface area contributed by atoms with Crippen LogP contribution in [-0.2, 0) is 4.79 Å². The van der Waals surface area contributed by atoms with Gasteiger partial charge in [0.25, 0.3) is 5.91 Å². The minimum Gasteiger partial charge on any atom is -0.296 e. The number of rotatable bonds is 2. The lowest BCUT2D eigenvalue weighted by Crippen LogP contribution is -2.26. The molecule has 3 N–H and O–H groups in total. The summed E-state index contributed by atoms with van der Waals surface area (Å²) in [5.74, 6) is -0.849. The molecule has 1 aliphatic heterocycles. The summed E-state index contributed by atoms with van der Waals surface area (Å²) in [6, 6.07) is 6.04. The van der Waals surface area contributed by atoms with E-state index >= 15 is 0 Å². The van der Waals surface area contributed by atoms with E-state index in [1.54, 1.807) is 12.1 Å². The van der Waals surface area contributed by atoms with Crippen LogP contribution in [0.5, 0.6) is 0 Å². The van der Waals surface area contributed by atoms with Gasteiger partial charge in [-0.3, -0.25) is 21.1 Å². The molecule has 6 heteroatoms. The van der Waals surface area contributed by atoms with E-state index in [-0.39, 0.29) is 11.4 Å². The van der Waals surface area contributed by atoms with Gasteiger partial charge in [0.2, 0.25) is 0 Å². The highest BCUT2D eigenvalue weighted by atomic mass is 19.1. The molecule has 1 aromatic rings. The molecule has 16 heavy (non-hydrogen) atoms. The molecular formula is C10H9FN4O. The van der Waals surface area contributed by atoms with Crippen LogP contribution in [0.4, 0.5) is 10.1 Å². The fraction of sp³-hybridized carbons (Fsp3) is 0. The number of nitrogens with one attached hydrogen (secondary N) is 3. The Morgan fingerprint density at radius 3 is 2.69 bits per heavy atom. The van der Waals surface area contributed by atoms with Gasteiger partial charge in [-0.1, -0.05) is 18.7 Å². The number of anilines is 1. The predicted molar refractivity (Wildman–Crippen MR) is 57.9 cm³/mol. The van der Waals surface area contributed by atoms with Crippen molar-refractivity contribution in [3.63, 3.8) is 0 Å².